The standard InChI is InChI=1S/C25H32ClN3O6/c1-15(17-6-4-3-5-7-17)25(35-24(27)32,16(2)23(31)29-10-12-33-13-11-29)21(30)22-28-19-14-18(26)8-9-20(19)34-22/h8-9,14-17H,3-7,10-13H2,1-2H3,(H2,27,32). The summed E-state index contributed by atoms with van der Waals surface area (Å²) >= 11 is 6.08. The van der Waals surface area contributed by atoms with Crippen LogP contribution in [0.5, 0.6) is 0 Å². The van der Waals surface area contributed by atoms with Crippen LogP contribution in [0.4, 0.5) is 4.79 Å². The minimum absolute atomic E-state index is 0.0609. The molecule has 35 heavy (non-hydrogen) atoms. The van der Waals surface area contributed by atoms with Crippen molar-refractivity contribution in [2.75, 3.05) is 26.3 Å². The number of oxazole rings is 1. The average molecular weight is 506 g/mol. The number of carbonyl (C=O) groups is 3. The third-order valence-corrected chi connectivity index (χ3v) is 7.77. The molecule has 3 unspecified atom stereocenters. The molecule has 4 rings (SSSR count). The molecular weight excluding hydrogens is 474 g/mol. The van der Waals surface area contributed by atoms with E-state index in [2.05, 4.69) is 4.98 Å². The normalized spacial score (nSPS) is 20.7. The number of primary amides is 1. The molecule has 1 aliphatic heterocycles. The molecule has 0 spiro atoms. The first-order valence-electron chi connectivity index (χ1n) is 12.2. The van der Waals surface area contributed by atoms with Crippen LogP contribution in [0.3, 0.4) is 0 Å². The van der Waals surface area contributed by atoms with Gasteiger partial charge in [0.25, 0.3) is 11.7 Å². The van der Waals surface area contributed by atoms with E-state index >= 15 is 0 Å². The number of aromatic nitrogens is 1. The second kappa shape index (κ2) is 10.5. The molecule has 10 heteroatoms. The quantitative estimate of drug-likeness (QED) is 0.558. The van der Waals surface area contributed by atoms with Crippen LogP contribution in [-0.2, 0) is 14.3 Å². The van der Waals surface area contributed by atoms with Crippen molar-refractivity contribution in [3.8, 4) is 0 Å². The fraction of sp³-hybridized carbons (Fsp3) is 0.600. The molecule has 3 atom stereocenters. The summed E-state index contributed by atoms with van der Waals surface area (Å²) in [5.74, 6) is -2.67. The van der Waals surface area contributed by atoms with Gasteiger partial charge in [-0.05, 0) is 31.0 Å². The molecule has 1 aromatic carbocycles. The number of nitrogens with two attached hydrogens (primary N) is 1. The molecule has 9 nitrogen and oxygen atoms in total. The Morgan fingerprint density at radius 2 is 1.86 bits per heavy atom. The van der Waals surface area contributed by atoms with E-state index in [0.717, 1.165) is 32.1 Å². The fourth-order valence-electron chi connectivity index (χ4n) is 5.58. The summed E-state index contributed by atoms with van der Waals surface area (Å²) in [6, 6.07) is 4.83. The molecule has 0 radical (unpaired) electrons. The second-order valence-corrected chi connectivity index (χ2v) is 9.96. The number of ether oxygens (including phenoxy) is 2. The van der Waals surface area contributed by atoms with Gasteiger partial charge in [-0.1, -0.05) is 50.6 Å². The Kier molecular flexibility index (Phi) is 7.66. The second-order valence-electron chi connectivity index (χ2n) is 9.52. The molecule has 0 bridgehead atoms. The molecule has 2 heterocycles. The molecule has 2 aliphatic rings. The molecule has 1 saturated heterocycles. The number of Topliss-reactive ketones (excluding diaryl/α,β-unsaturated/α-hetero) is 1. The van der Waals surface area contributed by atoms with Gasteiger partial charge in [-0.25, -0.2) is 9.78 Å². The highest BCUT2D eigenvalue weighted by Crippen LogP contribution is 2.44. The van der Waals surface area contributed by atoms with Crippen LogP contribution in [0.2, 0.25) is 5.02 Å². The maximum absolute atomic E-state index is 14.3. The number of halogens is 1. The summed E-state index contributed by atoms with van der Waals surface area (Å²) in [5.41, 5.74) is 4.42. The zero-order valence-electron chi connectivity index (χ0n) is 20.1. The Hall–Kier alpha value is -2.65. The van der Waals surface area contributed by atoms with Gasteiger partial charge in [-0.15, -0.1) is 0 Å². The van der Waals surface area contributed by atoms with E-state index in [-0.39, 0.29) is 17.7 Å². The van der Waals surface area contributed by atoms with Crippen molar-refractivity contribution in [3.63, 3.8) is 0 Å². The molecule has 2 amide bonds. The zero-order valence-corrected chi connectivity index (χ0v) is 20.9. The lowest BCUT2D eigenvalue weighted by Crippen LogP contribution is -2.61. The number of morpholine rings is 1. The Morgan fingerprint density at radius 1 is 1.17 bits per heavy atom. The van der Waals surface area contributed by atoms with E-state index in [1.165, 1.54) is 0 Å². The van der Waals surface area contributed by atoms with Gasteiger partial charge in [0.1, 0.15) is 5.52 Å². The maximum atomic E-state index is 14.3. The van der Waals surface area contributed by atoms with E-state index in [0.29, 0.717) is 42.4 Å². The third kappa shape index (κ3) is 5.02. The number of rotatable bonds is 7. The monoisotopic (exact) mass is 505 g/mol. The summed E-state index contributed by atoms with van der Waals surface area (Å²) in [5, 5.41) is 0.441. The number of carbonyl (C=O) groups excluding carboxylic acids is 3. The Labute approximate surface area is 209 Å². The molecular formula is C25H32ClN3O6. The minimum atomic E-state index is -1.88. The lowest BCUT2D eigenvalue weighted by Gasteiger charge is -2.45. The first kappa shape index (κ1) is 25.4. The van der Waals surface area contributed by atoms with Crippen LogP contribution in [-0.4, -0.2) is 59.6 Å². The first-order valence-corrected chi connectivity index (χ1v) is 12.6. The van der Waals surface area contributed by atoms with Crippen LogP contribution in [0.1, 0.15) is 56.6 Å². The van der Waals surface area contributed by atoms with E-state index in [9.17, 15) is 14.4 Å². The topological polar surface area (TPSA) is 125 Å². The maximum Gasteiger partial charge on any atom is 0.405 e. The van der Waals surface area contributed by atoms with Crippen LogP contribution in [0, 0.1) is 17.8 Å². The number of nitrogens with zero attached hydrogens (tertiary/aromatic N) is 2. The van der Waals surface area contributed by atoms with Crippen molar-refractivity contribution in [3.05, 3.63) is 29.1 Å². The number of hydrogen-bond acceptors (Lipinski definition) is 7. The van der Waals surface area contributed by atoms with Gasteiger partial charge in [0.05, 0.1) is 19.1 Å². The van der Waals surface area contributed by atoms with Crippen LogP contribution in [0.15, 0.2) is 22.6 Å². The lowest BCUT2D eigenvalue weighted by molar-refractivity contribution is -0.150. The van der Waals surface area contributed by atoms with Crippen molar-refractivity contribution in [2.45, 2.75) is 51.6 Å². The largest absolute Gasteiger partial charge is 0.434 e. The van der Waals surface area contributed by atoms with Gasteiger partial charge < -0.3 is 24.5 Å². The predicted molar refractivity (Wildman–Crippen MR) is 129 cm³/mol. The smallest absolute Gasteiger partial charge is 0.405 e. The highest BCUT2D eigenvalue weighted by atomic mass is 35.5. The summed E-state index contributed by atoms with van der Waals surface area (Å²) in [7, 11) is 0. The Balaban J connectivity index is 1.81. The van der Waals surface area contributed by atoms with E-state index in [4.69, 9.17) is 31.2 Å². The first-order chi connectivity index (χ1) is 16.7. The van der Waals surface area contributed by atoms with Crippen LogP contribution < -0.4 is 5.73 Å². The van der Waals surface area contributed by atoms with Gasteiger partial charge >= 0.3 is 6.09 Å². The van der Waals surface area contributed by atoms with E-state index in [1.54, 1.807) is 30.0 Å². The minimum Gasteiger partial charge on any atom is -0.434 e. The van der Waals surface area contributed by atoms with E-state index < -0.39 is 29.3 Å². The van der Waals surface area contributed by atoms with Crippen molar-refractivity contribution >= 4 is 40.5 Å². The number of hydrogen-bond donors (Lipinski definition) is 1. The molecule has 1 saturated carbocycles. The number of amides is 2. The molecule has 2 N–H and O–H groups in total. The molecule has 2 aromatic rings. The number of ketones is 1. The van der Waals surface area contributed by atoms with Gasteiger partial charge in [-0.3, -0.25) is 9.59 Å². The molecule has 1 aromatic heterocycles. The summed E-state index contributed by atoms with van der Waals surface area (Å²) in [4.78, 5) is 46.2. The van der Waals surface area contributed by atoms with Gasteiger partial charge in [0.2, 0.25) is 5.91 Å². The number of fused-ring (bicyclic) bond motifs is 1. The number of benzene rings is 1. The SMILES string of the molecule is CC(C(=O)N1CCOCC1)C(OC(N)=O)(C(=O)c1nc2cc(Cl)ccc2o1)C(C)C1CCCCC1. The van der Waals surface area contributed by atoms with E-state index in [1.807, 2.05) is 6.92 Å². The molecule has 2 fully saturated rings. The van der Waals surface area contributed by atoms with Crippen molar-refractivity contribution in [1.29, 1.82) is 0 Å². The van der Waals surface area contributed by atoms with Gasteiger partial charge in [0.15, 0.2) is 11.2 Å². The summed E-state index contributed by atoms with van der Waals surface area (Å²) in [6.07, 6.45) is 3.71. The van der Waals surface area contributed by atoms with Crippen LogP contribution in [0.25, 0.3) is 11.1 Å². The Morgan fingerprint density at radius 3 is 2.51 bits per heavy atom. The highest BCUT2D eigenvalue weighted by Gasteiger charge is 2.58. The summed E-state index contributed by atoms with van der Waals surface area (Å²) in [6.45, 7) is 5.07. The third-order valence-electron chi connectivity index (χ3n) is 7.54. The lowest BCUT2D eigenvalue weighted by atomic mass is 9.66. The Bertz CT molecular complexity index is 1090. The zero-order chi connectivity index (χ0) is 25.2. The summed E-state index contributed by atoms with van der Waals surface area (Å²) < 4.78 is 16.9. The van der Waals surface area contributed by atoms with Crippen molar-refractivity contribution in [2.24, 2.45) is 23.5 Å². The highest BCUT2D eigenvalue weighted by molar-refractivity contribution is 6.31. The van der Waals surface area contributed by atoms with Crippen molar-refractivity contribution < 1.29 is 28.3 Å². The van der Waals surface area contributed by atoms with Crippen LogP contribution >= 0.6 is 11.6 Å². The molecule has 1 aliphatic carbocycles. The van der Waals surface area contributed by atoms with Crippen molar-refractivity contribution in [1.82, 2.24) is 9.88 Å². The molecule has 190 valence electrons. The van der Waals surface area contributed by atoms with Gasteiger partial charge in [-0.2, -0.15) is 0 Å². The average Bonchev–Trinajstić information content (AvgIpc) is 3.29. The predicted octanol–water partition coefficient (Wildman–Crippen LogP) is 4.21. The fourth-order valence-corrected chi connectivity index (χ4v) is 5.75. The van der Waals surface area contributed by atoms with Gasteiger partial charge in [0, 0.05) is 24.0 Å².